The minimum absolute atomic E-state index is 0.0497. The number of allylic oxidation sites excluding steroid dienone is 1. The van der Waals surface area contributed by atoms with Gasteiger partial charge in [-0.15, -0.1) is 0 Å². The van der Waals surface area contributed by atoms with Gasteiger partial charge in [0.25, 0.3) is 0 Å². The first kappa shape index (κ1) is 23.4. The van der Waals surface area contributed by atoms with Crippen LogP contribution in [0.25, 0.3) is 0 Å². The monoisotopic (exact) mass is 369 g/mol. The Hall–Kier alpha value is -2.61. The van der Waals surface area contributed by atoms with E-state index in [9.17, 15) is 14.4 Å². The van der Waals surface area contributed by atoms with Crippen molar-refractivity contribution in [3.63, 3.8) is 0 Å². The SMILES string of the molecule is C=C(/C=C/C(=O)OC)OC(COC(=O)/C=C/C(=O)OC)CN(CC)CC. The Morgan fingerprint density at radius 1 is 0.923 bits per heavy atom. The minimum Gasteiger partial charge on any atom is -0.486 e. The van der Waals surface area contributed by atoms with Crippen LogP contribution in [0.4, 0.5) is 0 Å². The second kappa shape index (κ2) is 13.7. The molecule has 0 aliphatic rings. The van der Waals surface area contributed by atoms with Crippen LogP contribution < -0.4 is 0 Å². The Kier molecular flexibility index (Phi) is 12.3. The lowest BCUT2D eigenvalue weighted by Crippen LogP contribution is -2.36. The van der Waals surface area contributed by atoms with Gasteiger partial charge in [-0.2, -0.15) is 0 Å². The molecule has 0 aliphatic heterocycles. The van der Waals surface area contributed by atoms with Crippen LogP contribution >= 0.6 is 0 Å². The standard InChI is InChI=1S/C18H27NO7/c1-6-19(7-2)12-15(26-14(3)8-9-16(20)23-4)13-25-18(22)11-10-17(21)24-5/h8-11,15H,3,6-7,12-13H2,1-2,4-5H3/b9-8+,11-10+. The van der Waals surface area contributed by atoms with Crippen molar-refractivity contribution in [1.82, 2.24) is 4.90 Å². The average molecular weight is 369 g/mol. The summed E-state index contributed by atoms with van der Waals surface area (Å²) in [6, 6.07) is 0. The molecular weight excluding hydrogens is 342 g/mol. The quantitative estimate of drug-likeness (QED) is 0.167. The lowest BCUT2D eigenvalue weighted by atomic mass is 10.3. The van der Waals surface area contributed by atoms with E-state index in [4.69, 9.17) is 9.47 Å². The van der Waals surface area contributed by atoms with Crippen LogP contribution in [0.5, 0.6) is 0 Å². The average Bonchev–Trinajstić information content (AvgIpc) is 2.65. The van der Waals surface area contributed by atoms with Crippen molar-refractivity contribution in [3.8, 4) is 0 Å². The van der Waals surface area contributed by atoms with Gasteiger partial charge >= 0.3 is 17.9 Å². The van der Waals surface area contributed by atoms with Gasteiger partial charge in [0.05, 0.1) is 14.2 Å². The number of methoxy groups -OCH3 is 2. The molecule has 0 fully saturated rings. The summed E-state index contributed by atoms with van der Waals surface area (Å²) in [6.07, 6.45) is 4.01. The zero-order valence-corrected chi connectivity index (χ0v) is 15.7. The summed E-state index contributed by atoms with van der Waals surface area (Å²) in [6.45, 7) is 9.72. The van der Waals surface area contributed by atoms with Crippen molar-refractivity contribution < 1.29 is 33.3 Å². The van der Waals surface area contributed by atoms with Crippen LogP contribution in [-0.4, -0.2) is 69.4 Å². The molecule has 0 amide bonds. The van der Waals surface area contributed by atoms with E-state index in [2.05, 4.69) is 21.0 Å². The molecule has 8 nitrogen and oxygen atoms in total. The maximum absolute atomic E-state index is 11.6. The lowest BCUT2D eigenvalue weighted by Gasteiger charge is -2.25. The van der Waals surface area contributed by atoms with Crippen LogP contribution in [0.15, 0.2) is 36.6 Å². The number of hydrogen-bond donors (Lipinski definition) is 0. The maximum atomic E-state index is 11.6. The zero-order valence-electron chi connectivity index (χ0n) is 15.7. The number of likely N-dealkylation sites (N-methyl/N-ethyl adjacent to an activating group) is 1. The minimum atomic E-state index is -0.695. The van der Waals surface area contributed by atoms with Gasteiger partial charge in [0.1, 0.15) is 18.5 Å². The summed E-state index contributed by atoms with van der Waals surface area (Å²) in [7, 11) is 2.47. The number of ether oxygens (including phenoxy) is 4. The summed E-state index contributed by atoms with van der Waals surface area (Å²) in [5, 5.41) is 0. The van der Waals surface area contributed by atoms with Crippen LogP contribution in [-0.2, 0) is 33.3 Å². The van der Waals surface area contributed by atoms with Crippen LogP contribution in [0.1, 0.15) is 13.8 Å². The Labute approximate surface area is 154 Å². The fraction of sp³-hybridized carbons (Fsp3) is 0.500. The molecule has 0 saturated heterocycles. The number of rotatable bonds is 12. The van der Waals surface area contributed by atoms with E-state index >= 15 is 0 Å². The van der Waals surface area contributed by atoms with Crippen molar-refractivity contribution >= 4 is 17.9 Å². The van der Waals surface area contributed by atoms with Crippen LogP contribution in [0, 0.1) is 0 Å². The molecule has 8 heteroatoms. The van der Waals surface area contributed by atoms with Gasteiger partial charge < -0.3 is 23.8 Å². The van der Waals surface area contributed by atoms with Gasteiger partial charge in [0.2, 0.25) is 0 Å². The third-order valence-electron chi connectivity index (χ3n) is 3.25. The number of carbonyl (C=O) groups excluding carboxylic acids is 3. The number of nitrogens with zero attached hydrogens (tertiary/aromatic N) is 1. The van der Waals surface area contributed by atoms with E-state index in [1.807, 2.05) is 13.8 Å². The highest BCUT2D eigenvalue weighted by Crippen LogP contribution is 2.07. The van der Waals surface area contributed by atoms with Gasteiger partial charge in [-0.3, -0.25) is 0 Å². The molecule has 0 aromatic rings. The summed E-state index contributed by atoms with van der Waals surface area (Å²) < 4.78 is 19.6. The topological polar surface area (TPSA) is 91.4 Å². The molecule has 0 spiro atoms. The summed E-state index contributed by atoms with van der Waals surface area (Å²) in [5.74, 6) is -1.65. The lowest BCUT2D eigenvalue weighted by molar-refractivity contribution is -0.142. The fourth-order valence-corrected chi connectivity index (χ4v) is 1.80. The van der Waals surface area contributed by atoms with Gasteiger partial charge in [0.15, 0.2) is 0 Å². The van der Waals surface area contributed by atoms with Crippen molar-refractivity contribution in [2.75, 3.05) is 40.5 Å². The van der Waals surface area contributed by atoms with Gasteiger partial charge in [-0.1, -0.05) is 20.4 Å². The van der Waals surface area contributed by atoms with Gasteiger partial charge in [-0.25, -0.2) is 14.4 Å². The van der Waals surface area contributed by atoms with E-state index in [1.54, 1.807) is 0 Å². The first-order valence-corrected chi connectivity index (χ1v) is 8.12. The Morgan fingerprint density at radius 2 is 1.42 bits per heavy atom. The normalized spacial score (nSPS) is 12.2. The molecule has 0 saturated carbocycles. The Morgan fingerprint density at radius 3 is 1.92 bits per heavy atom. The van der Waals surface area contributed by atoms with E-state index < -0.39 is 24.0 Å². The van der Waals surface area contributed by atoms with Crippen LogP contribution in [0.3, 0.4) is 0 Å². The number of esters is 3. The second-order valence-corrected chi connectivity index (χ2v) is 5.04. The van der Waals surface area contributed by atoms with E-state index in [1.165, 1.54) is 26.4 Å². The van der Waals surface area contributed by atoms with Crippen molar-refractivity contribution in [2.45, 2.75) is 20.0 Å². The first-order valence-electron chi connectivity index (χ1n) is 8.12. The molecule has 0 radical (unpaired) electrons. The summed E-state index contributed by atoms with van der Waals surface area (Å²) in [5.41, 5.74) is 0. The smallest absolute Gasteiger partial charge is 0.331 e. The molecule has 0 aliphatic carbocycles. The number of carbonyl (C=O) groups is 3. The molecule has 1 unspecified atom stereocenters. The van der Waals surface area contributed by atoms with Gasteiger partial charge in [-0.05, 0) is 19.2 Å². The third kappa shape index (κ3) is 11.0. The Bertz CT molecular complexity index is 536. The molecule has 0 bridgehead atoms. The largest absolute Gasteiger partial charge is 0.486 e. The fourth-order valence-electron chi connectivity index (χ4n) is 1.80. The van der Waals surface area contributed by atoms with Crippen LogP contribution in [0.2, 0.25) is 0 Å². The molecule has 0 N–H and O–H groups in total. The van der Waals surface area contributed by atoms with Crippen molar-refractivity contribution in [1.29, 1.82) is 0 Å². The predicted octanol–water partition coefficient (Wildman–Crippen LogP) is 1.23. The second-order valence-electron chi connectivity index (χ2n) is 5.04. The van der Waals surface area contributed by atoms with Crippen molar-refractivity contribution in [2.24, 2.45) is 0 Å². The molecule has 0 aromatic carbocycles. The highest BCUT2D eigenvalue weighted by Gasteiger charge is 2.16. The first-order chi connectivity index (χ1) is 12.4. The molecule has 26 heavy (non-hydrogen) atoms. The third-order valence-corrected chi connectivity index (χ3v) is 3.25. The predicted molar refractivity (Wildman–Crippen MR) is 95.1 cm³/mol. The zero-order chi connectivity index (χ0) is 19.9. The highest BCUT2D eigenvalue weighted by atomic mass is 16.6. The maximum Gasteiger partial charge on any atom is 0.331 e. The van der Waals surface area contributed by atoms with E-state index in [0.29, 0.717) is 6.54 Å². The molecular formula is C18H27NO7. The molecule has 0 heterocycles. The molecule has 0 rings (SSSR count). The Balaban J connectivity index is 4.78. The summed E-state index contributed by atoms with van der Waals surface area (Å²) in [4.78, 5) is 35.8. The van der Waals surface area contributed by atoms with E-state index in [0.717, 1.165) is 25.2 Å². The highest BCUT2D eigenvalue weighted by molar-refractivity contribution is 5.91. The van der Waals surface area contributed by atoms with Crippen molar-refractivity contribution in [3.05, 3.63) is 36.6 Å². The molecule has 146 valence electrons. The molecule has 0 aromatic heterocycles. The van der Waals surface area contributed by atoms with E-state index in [-0.39, 0.29) is 12.4 Å². The number of hydrogen-bond acceptors (Lipinski definition) is 8. The molecule has 1 atom stereocenters. The summed E-state index contributed by atoms with van der Waals surface area (Å²) >= 11 is 0. The van der Waals surface area contributed by atoms with Gasteiger partial charge in [0, 0.05) is 24.8 Å².